The Morgan fingerprint density at radius 3 is 2.80 bits per heavy atom. The second kappa shape index (κ2) is 4.69. The molecule has 2 N–H and O–H groups in total. The molecule has 1 heteroatoms. The predicted molar refractivity (Wildman–Crippen MR) is 65.8 cm³/mol. The van der Waals surface area contributed by atoms with Gasteiger partial charge in [-0.1, -0.05) is 38.3 Å². The summed E-state index contributed by atoms with van der Waals surface area (Å²) < 4.78 is 0. The van der Waals surface area contributed by atoms with Gasteiger partial charge in [0.25, 0.3) is 0 Å². The van der Waals surface area contributed by atoms with E-state index in [0.29, 0.717) is 0 Å². The Kier molecular flexibility index (Phi) is 3.30. The Morgan fingerprint density at radius 2 is 2.07 bits per heavy atom. The molecule has 1 fully saturated rings. The van der Waals surface area contributed by atoms with Crippen molar-refractivity contribution in [3.05, 3.63) is 29.8 Å². The van der Waals surface area contributed by atoms with Crippen molar-refractivity contribution in [3.8, 4) is 0 Å². The molecule has 0 saturated heterocycles. The van der Waals surface area contributed by atoms with Crippen LogP contribution >= 0.6 is 0 Å². The molecule has 1 aliphatic carbocycles. The van der Waals surface area contributed by atoms with E-state index in [9.17, 15) is 0 Å². The van der Waals surface area contributed by atoms with Crippen LogP contribution in [0.2, 0.25) is 0 Å². The van der Waals surface area contributed by atoms with Crippen molar-refractivity contribution >= 4 is 5.69 Å². The molecule has 0 heterocycles. The third-order valence-corrected chi connectivity index (χ3v) is 3.77. The second-order valence-electron chi connectivity index (χ2n) is 4.73. The van der Waals surface area contributed by atoms with Gasteiger partial charge in [0.05, 0.1) is 0 Å². The Bertz CT molecular complexity index is 319. The van der Waals surface area contributed by atoms with E-state index in [2.05, 4.69) is 25.1 Å². The number of nitrogen functional groups attached to an aromatic ring is 1. The molecule has 0 spiro atoms. The zero-order valence-electron chi connectivity index (χ0n) is 9.58. The van der Waals surface area contributed by atoms with Gasteiger partial charge < -0.3 is 5.73 Å². The highest BCUT2D eigenvalue weighted by Gasteiger charge is 2.24. The number of anilines is 1. The van der Waals surface area contributed by atoms with Crippen LogP contribution in [0.25, 0.3) is 0 Å². The summed E-state index contributed by atoms with van der Waals surface area (Å²) in [5.74, 6) is 1.63. The van der Waals surface area contributed by atoms with Crippen molar-refractivity contribution in [2.75, 3.05) is 5.73 Å². The van der Waals surface area contributed by atoms with Gasteiger partial charge in [0, 0.05) is 5.69 Å². The fraction of sp³-hybridized carbons (Fsp3) is 0.571. The topological polar surface area (TPSA) is 26.0 Å². The molecule has 0 bridgehead atoms. The number of nitrogens with two attached hydrogens (primary N) is 1. The van der Waals surface area contributed by atoms with Crippen molar-refractivity contribution in [2.24, 2.45) is 5.92 Å². The molecule has 1 saturated carbocycles. The number of benzene rings is 1. The van der Waals surface area contributed by atoms with Crippen molar-refractivity contribution in [1.82, 2.24) is 0 Å². The quantitative estimate of drug-likeness (QED) is 0.723. The van der Waals surface area contributed by atoms with Gasteiger partial charge in [-0.25, -0.2) is 0 Å². The number of hydrogen-bond acceptors (Lipinski definition) is 1. The minimum Gasteiger partial charge on any atom is -0.399 e. The van der Waals surface area contributed by atoms with Gasteiger partial charge in [0.1, 0.15) is 0 Å². The minimum absolute atomic E-state index is 0.757. The Labute approximate surface area is 92.7 Å². The third-order valence-electron chi connectivity index (χ3n) is 3.77. The molecule has 0 unspecified atom stereocenters. The average molecular weight is 203 g/mol. The first-order valence-electron chi connectivity index (χ1n) is 6.16. The lowest BCUT2D eigenvalue weighted by molar-refractivity contribution is 0.299. The summed E-state index contributed by atoms with van der Waals surface area (Å²) in [7, 11) is 0. The molecule has 1 aromatic rings. The zero-order valence-corrected chi connectivity index (χ0v) is 9.58. The van der Waals surface area contributed by atoms with Gasteiger partial charge in [0.15, 0.2) is 0 Å². The normalized spacial score (nSPS) is 26.5. The van der Waals surface area contributed by atoms with Crippen LogP contribution in [0.15, 0.2) is 24.3 Å². The average Bonchev–Trinajstić information content (AvgIpc) is 2.29. The fourth-order valence-electron chi connectivity index (χ4n) is 2.92. The lowest BCUT2D eigenvalue weighted by Gasteiger charge is -2.31. The van der Waals surface area contributed by atoms with Gasteiger partial charge in [-0.3, -0.25) is 0 Å². The minimum atomic E-state index is 0.757. The van der Waals surface area contributed by atoms with E-state index >= 15 is 0 Å². The monoisotopic (exact) mass is 203 g/mol. The number of hydrogen-bond donors (Lipinski definition) is 1. The molecule has 1 aliphatic rings. The summed E-state index contributed by atoms with van der Waals surface area (Å²) in [6.45, 7) is 2.31. The van der Waals surface area contributed by atoms with E-state index in [0.717, 1.165) is 17.5 Å². The van der Waals surface area contributed by atoms with Gasteiger partial charge in [-0.15, -0.1) is 0 Å². The summed E-state index contributed by atoms with van der Waals surface area (Å²) >= 11 is 0. The maximum atomic E-state index is 5.85. The van der Waals surface area contributed by atoms with E-state index in [-0.39, 0.29) is 0 Å². The van der Waals surface area contributed by atoms with E-state index < -0.39 is 0 Å². The van der Waals surface area contributed by atoms with E-state index in [1.807, 2.05) is 6.07 Å². The smallest absolute Gasteiger partial charge is 0.0316 e. The fourth-order valence-corrected chi connectivity index (χ4v) is 2.92. The second-order valence-corrected chi connectivity index (χ2v) is 4.73. The van der Waals surface area contributed by atoms with Crippen LogP contribution in [0.4, 0.5) is 5.69 Å². The molecule has 0 amide bonds. The van der Waals surface area contributed by atoms with E-state index in [1.54, 1.807) is 0 Å². The van der Waals surface area contributed by atoms with Gasteiger partial charge in [-0.2, -0.15) is 0 Å². The lowest BCUT2D eigenvalue weighted by atomic mass is 9.74. The van der Waals surface area contributed by atoms with Gasteiger partial charge >= 0.3 is 0 Å². The van der Waals surface area contributed by atoms with Crippen molar-refractivity contribution in [2.45, 2.75) is 44.9 Å². The standard InChI is InChI=1S/C14H21N/c1-2-11-6-3-4-9-14(11)12-7-5-8-13(15)10-12/h5,7-8,10-11,14H,2-4,6,9,15H2,1H3/t11-,14+/m0/s1. The summed E-state index contributed by atoms with van der Waals surface area (Å²) in [5, 5.41) is 0. The molecule has 0 radical (unpaired) electrons. The molecule has 0 aromatic heterocycles. The maximum absolute atomic E-state index is 5.85. The molecule has 15 heavy (non-hydrogen) atoms. The van der Waals surface area contributed by atoms with Crippen molar-refractivity contribution < 1.29 is 0 Å². The molecule has 82 valence electrons. The van der Waals surface area contributed by atoms with Crippen LogP contribution in [0, 0.1) is 5.92 Å². The van der Waals surface area contributed by atoms with Crippen LogP contribution in [-0.2, 0) is 0 Å². The Hall–Kier alpha value is -0.980. The molecule has 0 aliphatic heterocycles. The van der Waals surface area contributed by atoms with E-state index in [1.165, 1.54) is 37.7 Å². The van der Waals surface area contributed by atoms with Crippen molar-refractivity contribution in [1.29, 1.82) is 0 Å². The first-order chi connectivity index (χ1) is 7.31. The SMILES string of the molecule is CC[C@H]1CCCC[C@H]1c1cccc(N)c1. The van der Waals surface area contributed by atoms with Crippen molar-refractivity contribution in [3.63, 3.8) is 0 Å². The highest BCUT2D eigenvalue weighted by molar-refractivity contribution is 5.42. The highest BCUT2D eigenvalue weighted by atomic mass is 14.5. The summed E-state index contributed by atoms with van der Waals surface area (Å²) in [6, 6.07) is 8.48. The molecule has 2 rings (SSSR count). The van der Waals surface area contributed by atoms with Crippen LogP contribution in [0.3, 0.4) is 0 Å². The lowest BCUT2D eigenvalue weighted by Crippen LogP contribution is -2.17. The van der Waals surface area contributed by atoms with Gasteiger partial charge in [0.2, 0.25) is 0 Å². The van der Waals surface area contributed by atoms with Crippen LogP contribution in [-0.4, -0.2) is 0 Å². The first-order valence-corrected chi connectivity index (χ1v) is 6.16. The molecule has 1 nitrogen and oxygen atoms in total. The summed E-state index contributed by atoms with van der Waals surface area (Å²) in [6.07, 6.45) is 6.85. The summed E-state index contributed by atoms with van der Waals surface area (Å²) in [4.78, 5) is 0. The zero-order chi connectivity index (χ0) is 10.7. The largest absolute Gasteiger partial charge is 0.399 e. The molecular weight excluding hydrogens is 182 g/mol. The first kappa shape index (κ1) is 10.5. The van der Waals surface area contributed by atoms with Crippen LogP contribution < -0.4 is 5.73 Å². The summed E-state index contributed by atoms with van der Waals surface area (Å²) in [5.41, 5.74) is 8.22. The number of rotatable bonds is 2. The molecular formula is C14H21N. The molecule has 2 atom stereocenters. The highest BCUT2D eigenvalue weighted by Crippen LogP contribution is 2.39. The maximum Gasteiger partial charge on any atom is 0.0316 e. The Morgan fingerprint density at radius 1 is 1.27 bits per heavy atom. The van der Waals surface area contributed by atoms with Crippen LogP contribution in [0.5, 0.6) is 0 Å². The van der Waals surface area contributed by atoms with Crippen LogP contribution in [0.1, 0.15) is 50.5 Å². The van der Waals surface area contributed by atoms with E-state index in [4.69, 9.17) is 5.73 Å². The predicted octanol–water partition coefficient (Wildman–Crippen LogP) is 3.95. The molecule has 1 aromatic carbocycles. The third kappa shape index (κ3) is 2.34. The van der Waals surface area contributed by atoms with Gasteiger partial charge in [-0.05, 0) is 42.4 Å². The Balaban J connectivity index is 2.20.